The molecule has 2 aliphatic heterocycles. The molecule has 1 saturated heterocycles. The van der Waals surface area contributed by atoms with Crippen molar-refractivity contribution in [2.75, 3.05) is 45.4 Å². The highest BCUT2D eigenvalue weighted by Gasteiger charge is 2.25. The van der Waals surface area contributed by atoms with E-state index in [9.17, 15) is 5.11 Å². The second-order valence-corrected chi connectivity index (χ2v) is 18.8. The van der Waals surface area contributed by atoms with Gasteiger partial charge in [0.05, 0.1) is 61.4 Å². The van der Waals surface area contributed by atoms with Crippen molar-refractivity contribution in [3.05, 3.63) is 48.8 Å². The van der Waals surface area contributed by atoms with Gasteiger partial charge in [-0.25, -0.2) is 9.97 Å². The zero-order valence-electron chi connectivity index (χ0n) is 35.7. The first-order valence-electron chi connectivity index (χ1n) is 19.4. The molecule has 0 bridgehead atoms. The number of imidazole rings is 2. The molecular weight excluding hydrogens is 884 g/mol. The van der Waals surface area contributed by atoms with Crippen LogP contribution < -0.4 is 21.3 Å². The summed E-state index contributed by atoms with van der Waals surface area (Å²) in [4.78, 5) is 11.3. The Hall–Kier alpha value is -0.590. The van der Waals surface area contributed by atoms with Gasteiger partial charge in [-0.3, -0.25) is 4.34 Å². The van der Waals surface area contributed by atoms with E-state index in [1.807, 2.05) is 71.4 Å². The van der Waals surface area contributed by atoms with Crippen LogP contribution in [0.3, 0.4) is 0 Å². The summed E-state index contributed by atoms with van der Waals surface area (Å²) in [6.45, 7) is 18.3. The number of hydrogen-bond acceptors (Lipinski definition) is 16. The molecule has 23 heteroatoms. The molecule has 4 rings (SSSR count). The molecule has 7 N–H and O–H groups in total. The molecule has 4 heterocycles. The Bertz CT molecular complexity index is 1310. The number of halogens is 2. The van der Waals surface area contributed by atoms with Gasteiger partial charge in [0, 0.05) is 91.1 Å². The number of alkyl halides is 2. The number of hydrogen-bond donors (Lipinski definition) is 7. The van der Waals surface area contributed by atoms with Gasteiger partial charge in [-0.05, 0) is 74.1 Å². The van der Waals surface area contributed by atoms with E-state index in [1.54, 1.807) is 39.5 Å². The van der Waals surface area contributed by atoms with Crippen LogP contribution in [0.25, 0.3) is 0 Å². The Morgan fingerprint density at radius 1 is 0.915 bits per heavy atom. The van der Waals surface area contributed by atoms with Crippen LogP contribution >= 0.6 is 47.5 Å². The third kappa shape index (κ3) is 32.7. The van der Waals surface area contributed by atoms with Crippen molar-refractivity contribution in [1.29, 1.82) is 0 Å². The molecular formula is C36H77Cl2N8O9P3S. The molecule has 2 aliphatic rings. The Balaban J connectivity index is -0.000000713. The third-order valence-electron chi connectivity index (χ3n) is 6.85. The molecule has 2 aromatic rings. The maximum atomic E-state index is 9.18. The van der Waals surface area contributed by atoms with E-state index in [2.05, 4.69) is 36.2 Å². The molecule has 0 spiro atoms. The average Bonchev–Trinajstić information content (AvgIpc) is 3.99. The average molecular weight is 962 g/mol. The highest BCUT2D eigenvalue weighted by Crippen LogP contribution is 2.52. The van der Waals surface area contributed by atoms with E-state index >= 15 is 0 Å². The van der Waals surface area contributed by atoms with E-state index in [0.717, 1.165) is 37.6 Å². The van der Waals surface area contributed by atoms with Crippen molar-refractivity contribution >= 4 is 59.3 Å². The lowest BCUT2D eigenvalue weighted by molar-refractivity contribution is 0.105. The van der Waals surface area contributed by atoms with Crippen LogP contribution in [0.1, 0.15) is 95.7 Å². The molecule has 1 fully saturated rings. The Morgan fingerprint density at radius 2 is 1.56 bits per heavy atom. The van der Waals surface area contributed by atoms with Crippen LogP contribution in [0.2, 0.25) is 0 Å². The van der Waals surface area contributed by atoms with E-state index < -0.39 is 15.3 Å². The predicted molar refractivity (Wildman–Crippen MR) is 249 cm³/mol. The second kappa shape index (κ2) is 37.9. The maximum Gasteiger partial charge on any atom is 0.332 e. The lowest BCUT2D eigenvalue weighted by Gasteiger charge is -2.26. The van der Waals surface area contributed by atoms with Gasteiger partial charge in [0.25, 0.3) is 0 Å². The van der Waals surface area contributed by atoms with E-state index in [4.69, 9.17) is 71.8 Å². The van der Waals surface area contributed by atoms with Gasteiger partial charge in [-0.1, -0.05) is 7.43 Å². The van der Waals surface area contributed by atoms with E-state index in [1.165, 1.54) is 0 Å². The summed E-state index contributed by atoms with van der Waals surface area (Å²) >= 11 is 14.9. The first kappa shape index (κ1) is 60.5. The monoisotopic (exact) mass is 960 g/mol. The molecule has 0 aromatic carbocycles. The molecule has 350 valence electrons. The molecule has 7 atom stereocenters. The minimum atomic E-state index is -2.66. The fourth-order valence-corrected chi connectivity index (χ4v) is 9.03. The topological polar surface area (TPSA) is 200 Å². The first-order chi connectivity index (χ1) is 27.6. The van der Waals surface area contributed by atoms with Crippen molar-refractivity contribution in [2.45, 2.75) is 138 Å². The van der Waals surface area contributed by atoms with Crippen molar-refractivity contribution < 1.29 is 43.3 Å². The van der Waals surface area contributed by atoms with Crippen LogP contribution in [0.15, 0.2) is 37.2 Å². The lowest BCUT2D eigenvalue weighted by atomic mass is 10.2. The van der Waals surface area contributed by atoms with Gasteiger partial charge in [0.2, 0.25) is 0 Å². The van der Waals surface area contributed by atoms with Gasteiger partial charge in [-0.15, -0.1) is 23.2 Å². The second-order valence-electron chi connectivity index (χ2n) is 12.8. The largest absolute Gasteiger partial charge is 0.393 e. The Labute approximate surface area is 374 Å². The van der Waals surface area contributed by atoms with E-state index in [-0.39, 0.29) is 59.8 Å². The van der Waals surface area contributed by atoms with Gasteiger partial charge in [0.15, 0.2) is 0 Å². The number of nitrogens with zero attached hydrogens (tertiary/aromatic N) is 3. The summed E-state index contributed by atoms with van der Waals surface area (Å²) in [5, 5.41) is 31.0. The van der Waals surface area contributed by atoms with Gasteiger partial charge >= 0.3 is 15.3 Å². The van der Waals surface area contributed by atoms with Gasteiger partial charge in [0.1, 0.15) is 20.6 Å². The predicted octanol–water partition coefficient (Wildman–Crippen LogP) is 7.50. The molecule has 59 heavy (non-hydrogen) atoms. The minimum Gasteiger partial charge on any atom is -0.393 e. The van der Waals surface area contributed by atoms with Crippen molar-refractivity contribution in [1.82, 2.24) is 40.6 Å². The molecule has 0 saturated carbocycles. The lowest BCUT2D eigenvalue weighted by Crippen LogP contribution is -2.34. The van der Waals surface area contributed by atoms with Crippen LogP contribution in [-0.4, -0.2) is 118 Å². The Morgan fingerprint density at radius 3 is 2.05 bits per heavy atom. The van der Waals surface area contributed by atoms with Gasteiger partial charge < -0.3 is 68.1 Å². The number of rotatable bonds is 22. The molecule has 0 amide bonds. The standard InChI is InChI=1S/C11H21N2O3PS.C9H21N2O3P.C8H15N2O2P.C6H12N2O.CH2Cl2.CH4.H2/c1-5-14-17(18,15-9(2)3)16-10(4)8-11-12-6-7-13-11;1-4-13-15(12-3)14-8(2)7-9-10-5-6-11-9;1-3-12-13-10-5-4-9-8(10)6-7(2)11;1-5(9)4-6-7-2-3-8-6;2-1-3;;/h6-7,9-10H,5,8H2,1-4H3,(H,12,13);8-11H,4-7H2,1-3H3;4-5,7,11,13H,3,6H2,1-2H3;2-3,5-9H,4H2,1H3;1H2;1H4;1H/t10-,17?;;;;;;/m0....../s1. The minimum absolute atomic E-state index is 0. The number of aromatic amines is 1. The fourth-order valence-electron chi connectivity index (χ4n) is 4.75. The summed E-state index contributed by atoms with van der Waals surface area (Å²) in [7, 11) is 0.708. The summed E-state index contributed by atoms with van der Waals surface area (Å²) in [5.41, 5.74) is 0. The zero-order chi connectivity index (χ0) is 43.8. The van der Waals surface area contributed by atoms with Crippen molar-refractivity contribution in [3.8, 4) is 0 Å². The van der Waals surface area contributed by atoms with Crippen molar-refractivity contribution in [3.63, 3.8) is 0 Å². The number of nitrogens with one attached hydrogen (secondary N) is 5. The van der Waals surface area contributed by atoms with Crippen molar-refractivity contribution in [2.24, 2.45) is 0 Å². The molecule has 0 radical (unpaired) electrons. The number of aliphatic hydroxyl groups excluding tert-OH is 2. The maximum absolute atomic E-state index is 9.18. The first-order valence-corrected chi connectivity index (χ1v) is 25.0. The van der Waals surface area contributed by atoms with Crippen LogP contribution in [0, 0.1) is 0 Å². The Kier molecular flexibility index (Phi) is 38.9. The molecule has 2 aromatic heterocycles. The zero-order valence-corrected chi connectivity index (χ0v) is 40.8. The molecule has 17 nitrogen and oxygen atoms in total. The third-order valence-corrected chi connectivity index (χ3v) is 11.9. The SMILES string of the molecule is C.CC(O)CC1NC=CN1.CCOP(=S)(OC(C)C)O[C@@H](C)Cc1ncc[nH]1.CCOP(OC)OC(C)CC1NCCN1.CCOPn1ccnc1CC(C)O.ClCCl.[HH]. The smallest absolute Gasteiger partial charge is 0.332 e. The van der Waals surface area contributed by atoms with Crippen LogP contribution in [0.5, 0.6) is 0 Å². The van der Waals surface area contributed by atoms with Crippen LogP contribution in [-0.2, 0) is 56.3 Å². The van der Waals surface area contributed by atoms with E-state index in [0.29, 0.717) is 38.8 Å². The summed E-state index contributed by atoms with van der Waals surface area (Å²) < 4.78 is 40.1. The quantitative estimate of drug-likeness (QED) is 0.0452. The summed E-state index contributed by atoms with van der Waals surface area (Å²) in [5.74, 6) is 1.74. The number of H-pyrrole nitrogens is 1. The summed E-state index contributed by atoms with van der Waals surface area (Å²) in [6.07, 6.45) is 13.7. The van der Waals surface area contributed by atoms with Crippen LogP contribution in [0.4, 0.5) is 0 Å². The number of aromatic nitrogens is 4. The fraction of sp³-hybridized carbons (Fsp3) is 0.778. The normalized spacial score (nSPS) is 17.3. The number of aliphatic hydroxyl groups is 2. The molecule has 0 aliphatic carbocycles. The highest BCUT2D eigenvalue weighted by molar-refractivity contribution is 8.07. The van der Waals surface area contributed by atoms with Gasteiger partial charge in [-0.2, -0.15) is 0 Å². The molecule has 6 unspecified atom stereocenters. The highest BCUT2D eigenvalue weighted by atomic mass is 35.5. The summed E-state index contributed by atoms with van der Waals surface area (Å²) in [6, 6.07) is 0.